The third kappa shape index (κ3) is 5.76. The van der Waals surface area contributed by atoms with E-state index >= 15 is 0 Å². The molecule has 1 atom stereocenters. The lowest BCUT2D eigenvalue weighted by molar-refractivity contribution is -0.117. The maximum Gasteiger partial charge on any atom is 0.317 e. The van der Waals surface area contributed by atoms with Crippen LogP contribution in [0.5, 0.6) is 0 Å². The number of benzene rings is 2. The zero-order valence-corrected chi connectivity index (χ0v) is 17.1. The highest BCUT2D eigenvalue weighted by Gasteiger charge is 2.23. The molecule has 0 radical (unpaired) electrons. The van der Waals surface area contributed by atoms with Gasteiger partial charge < -0.3 is 15.5 Å². The van der Waals surface area contributed by atoms with Crippen molar-refractivity contribution in [2.45, 2.75) is 19.9 Å². The van der Waals surface area contributed by atoms with Gasteiger partial charge >= 0.3 is 6.03 Å². The Morgan fingerprint density at radius 2 is 1.67 bits per heavy atom. The van der Waals surface area contributed by atoms with Crippen LogP contribution in [-0.4, -0.2) is 54.5 Å². The molecule has 1 fully saturated rings. The van der Waals surface area contributed by atoms with E-state index in [2.05, 4.69) is 10.6 Å². The van der Waals surface area contributed by atoms with E-state index < -0.39 is 17.7 Å². The Morgan fingerprint density at radius 1 is 1.00 bits per heavy atom. The van der Waals surface area contributed by atoms with Gasteiger partial charge in [-0.15, -0.1) is 0 Å². The lowest BCUT2D eigenvalue weighted by Crippen LogP contribution is -2.53. The van der Waals surface area contributed by atoms with Crippen molar-refractivity contribution in [3.05, 3.63) is 65.2 Å². The molecule has 3 rings (SSSR count). The normalized spacial score (nSPS) is 15.5. The van der Waals surface area contributed by atoms with Gasteiger partial charge in [0.15, 0.2) is 11.6 Å². The second kappa shape index (κ2) is 9.67. The molecule has 1 saturated heterocycles. The van der Waals surface area contributed by atoms with Gasteiger partial charge in [-0.3, -0.25) is 9.69 Å². The summed E-state index contributed by atoms with van der Waals surface area (Å²) in [6.45, 7) is 6.08. The molecule has 0 bridgehead atoms. The number of piperazine rings is 1. The molecule has 1 aliphatic rings. The van der Waals surface area contributed by atoms with Gasteiger partial charge in [0.25, 0.3) is 0 Å². The van der Waals surface area contributed by atoms with Crippen molar-refractivity contribution in [2.75, 3.05) is 38.0 Å². The van der Waals surface area contributed by atoms with Crippen molar-refractivity contribution >= 4 is 17.6 Å². The molecule has 0 aliphatic carbocycles. The molecule has 30 heavy (non-hydrogen) atoms. The van der Waals surface area contributed by atoms with Gasteiger partial charge in [-0.05, 0) is 43.7 Å². The van der Waals surface area contributed by atoms with E-state index in [1.807, 2.05) is 36.1 Å². The number of halogens is 2. The summed E-state index contributed by atoms with van der Waals surface area (Å²) < 4.78 is 26.5. The molecule has 2 aromatic rings. The molecule has 6 nitrogen and oxygen atoms in total. The lowest BCUT2D eigenvalue weighted by atomic mass is 10.1. The van der Waals surface area contributed by atoms with Gasteiger partial charge in [-0.1, -0.05) is 23.8 Å². The molecule has 0 spiro atoms. The second-order valence-electron chi connectivity index (χ2n) is 7.52. The summed E-state index contributed by atoms with van der Waals surface area (Å²) in [5.74, 6) is -1.95. The van der Waals surface area contributed by atoms with Crippen molar-refractivity contribution < 1.29 is 18.4 Å². The van der Waals surface area contributed by atoms with Crippen LogP contribution in [0.2, 0.25) is 0 Å². The number of carbonyl (C=O) groups is 2. The minimum Gasteiger partial charge on any atom is -0.331 e. The minimum atomic E-state index is -0.939. The van der Waals surface area contributed by atoms with Crippen LogP contribution in [0, 0.1) is 18.6 Å². The number of anilines is 1. The predicted octanol–water partition coefficient (Wildman–Crippen LogP) is 3.30. The van der Waals surface area contributed by atoms with Crippen LogP contribution in [-0.2, 0) is 4.79 Å². The Morgan fingerprint density at radius 3 is 2.30 bits per heavy atom. The topological polar surface area (TPSA) is 64.7 Å². The molecule has 1 heterocycles. The zero-order chi connectivity index (χ0) is 21.7. The Kier molecular flexibility index (Phi) is 6.99. The van der Waals surface area contributed by atoms with Crippen molar-refractivity contribution in [3.63, 3.8) is 0 Å². The van der Waals surface area contributed by atoms with E-state index in [-0.39, 0.29) is 18.5 Å². The average Bonchev–Trinajstić information content (AvgIpc) is 2.72. The Balaban J connectivity index is 1.44. The number of nitrogens with zero attached hydrogens (tertiary/aromatic N) is 2. The molecule has 1 aliphatic heterocycles. The van der Waals surface area contributed by atoms with Crippen molar-refractivity contribution in [1.82, 2.24) is 15.1 Å². The summed E-state index contributed by atoms with van der Waals surface area (Å²) >= 11 is 0. The molecule has 2 aromatic carbocycles. The van der Waals surface area contributed by atoms with Crippen molar-refractivity contribution in [2.24, 2.45) is 0 Å². The molecule has 0 saturated carbocycles. The van der Waals surface area contributed by atoms with E-state index in [1.165, 1.54) is 6.07 Å². The highest BCUT2D eigenvalue weighted by molar-refractivity contribution is 5.92. The smallest absolute Gasteiger partial charge is 0.317 e. The summed E-state index contributed by atoms with van der Waals surface area (Å²) in [6, 6.07) is 10.5. The monoisotopic (exact) mass is 416 g/mol. The molecular weight excluding hydrogens is 390 g/mol. The second-order valence-corrected chi connectivity index (χ2v) is 7.52. The standard InChI is InChI=1S/C22H26F2N4O2/c1-15-3-6-18(7-4-15)26-21(29)14-27-9-11-28(12-10-27)22(30)25-16(2)17-5-8-19(23)20(24)13-17/h3-8,13,16H,9-12,14H2,1-2H3,(H,25,30)(H,26,29)/t16-/m1/s1. The number of aryl methyl sites for hydroxylation is 1. The Hall–Kier alpha value is -3.00. The molecular formula is C22H26F2N4O2. The number of amides is 3. The summed E-state index contributed by atoms with van der Waals surface area (Å²) in [5, 5.41) is 5.68. The number of rotatable bonds is 5. The number of carbonyl (C=O) groups excluding carboxylic acids is 2. The van der Waals surface area contributed by atoms with Gasteiger partial charge in [0, 0.05) is 31.9 Å². The maximum atomic E-state index is 13.4. The number of nitrogens with one attached hydrogen (secondary N) is 2. The van der Waals surface area contributed by atoms with Gasteiger partial charge in [0.2, 0.25) is 5.91 Å². The van der Waals surface area contributed by atoms with Crippen LogP contribution >= 0.6 is 0 Å². The number of urea groups is 1. The molecule has 8 heteroatoms. The molecule has 0 unspecified atom stereocenters. The molecule has 160 valence electrons. The van der Waals surface area contributed by atoms with Crippen molar-refractivity contribution in [3.8, 4) is 0 Å². The summed E-state index contributed by atoms with van der Waals surface area (Å²) in [7, 11) is 0. The van der Waals surface area contributed by atoms with Crippen molar-refractivity contribution in [1.29, 1.82) is 0 Å². The fourth-order valence-corrected chi connectivity index (χ4v) is 3.29. The third-order valence-electron chi connectivity index (χ3n) is 5.15. The predicted molar refractivity (Wildman–Crippen MR) is 111 cm³/mol. The maximum absolute atomic E-state index is 13.4. The molecule has 2 N–H and O–H groups in total. The average molecular weight is 416 g/mol. The summed E-state index contributed by atoms with van der Waals surface area (Å²) in [5.41, 5.74) is 2.38. The van der Waals surface area contributed by atoms with Crippen LogP contribution in [0.15, 0.2) is 42.5 Å². The van der Waals surface area contributed by atoms with Gasteiger partial charge in [0.1, 0.15) is 0 Å². The van der Waals surface area contributed by atoms with E-state index in [0.717, 1.165) is 23.4 Å². The van der Waals surface area contributed by atoms with Crippen LogP contribution < -0.4 is 10.6 Å². The number of hydrogen-bond acceptors (Lipinski definition) is 3. The summed E-state index contributed by atoms with van der Waals surface area (Å²) in [6.07, 6.45) is 0. The van der Waals surface area contributed by atoms with Crippen LogP contribution in [0.4, 0.5) is 19.3 Å². The minimum absolute atomic E-state index is 0.0938. The first-order valence-corrected chi connectivity index (χ1v) is 9.91. The largest absolute Gasteiger partial charge is 0.331 e. The number of hydrogen-bond donors (Lipinski definition) is 2. The zero-order valence-electron chi connectivity index (χ0n) is 17.1. The Bertz CT molecular complexity index is 897. The Labute approximate surface area is 174 Å². The highest BCUT2D eigenvalue weighted by atomic mass is 19.2. The quantitative estimate of drug-likeness (QED) is 0.786. The fourth-order valence-electron chi connectivity index (χ4n) is 3.29. The van der Waals surface area contributed by atoms with E-state index in [0.29, 0.717) is 31.7 Å². The first-order chi connectivity index (χ1) is 14.3. The van der Waals surface area contributed by atoms with E-state index in [9.17, 15) is 18.4 Å². The van der Waals surface area contributed by atoms with Gasteiger partial charge in [-0.25, -0.2) is 13.6 Å². The highest BCUT2D eigenvalue weighted by Crippen LogP contribution is 2.16. The van der Waals surface area contributed by atoms with E-state index in [1.54, 1.807) is 11.8 Å². The first-order valence-electron chi connectivity index (χ1n) is 9.91. The third-order valence-corrected chi connectivity index (χ3v) is 5.15. The summed E-state index contributed by atoms with van der Waals surface area (Å²) in [4.78, 5) is 28.4. The molecule has 0 aromatic heterocycles. The van der Waals surface area contributed by atoms with Crippen LogP contribution in [0.25, 0.3) is 0 Å². The van der Waals surface area contributed by atoms with Gasteiger partial charge in [0.05, 0.1) is 12.6 Å². The van der Waals surface area contributed by atoms with Gasteiger partial charge in [-0.2, -0.15) is 0 Å². The van der Waals surface area contributed by atoms with E-state index in [4.69, 9.17) is 0 Å². The fraction of sp³-hybridized carbons (Fsp3) is 0.364. The first kappa shape index (κ1) is 21.7. The molecule has 3 amide bonds. The lowest BCUT2D eigenvalue weighted by Gasteiger charge is -2.35. The van der Waals surface area contributed by atoms with Crippen LogP contribution in [0.3, 0.4) is 0 Å². The SMILES string of the molecule is Cc1ccc(NC(=O)CN2CCN(C(=O)N[C@H](C)c3ccc(F)c(F)c3)CC2)cc1. The van der Waals surface area contributed by atoms with Crippen LogP contribution in [0.1, 0.15) is 24.1 Å².